The van der Waals surface area contributed by atoms with Crippen LogP contribution in [0.2, 0.25) is 10.0 Å². The minimum atomic E-state index is -0.518. The SMILES string of the molecule is CCOc1ccc(C(=O)Oc2ccc(/C=N/NC(=O)CNC(=O)c3ccc(Cl)c(Cl)c3)cc2)cc1. The predicted molar refractivity (Wildman–Crippen MR) is 134 cm³/mol. The first kappa shape index (κ1) is 25.7. The van der Waals surface area contributed by atoms with Crippen LogP contribution in [0.3, 0.4) is 0 Å². The van der Waals surface area contributed by atoms with E-state index in [2.05, 4.69) is 15.8 Å². The summed E-state index contributed by atoms with van der Waals surface area (Å²) in [6.07, 6.45) is 1.41. The van der Waals surface area contributed by atoms with Gasteiger partial charge < -0.3 is 14.8 Å². The van der Waals surface area contributed by atoms with Gasteiger partial charge in [0.05, 0.1) is 35.0 Å². The Labute approximate surface area is 211 Å². The first-order valence-electron chi connectivity index (χ1n) is 10.5. The van der Waals surface area contributed by atoms with Gasteiger partial charge in [-0.3, -0.25) is 9.59 Å². The van der Waals surface area contributed by atoms with Crippen LogP contribution in [0.4, 0.5) is 0 Å². The highest BCUT2D eigenvalue weighted by Crippen LogP contribution is 2.22. The van der Waals surface area contributed by atoms with Gasteiger partial charge in [0, 0.05) is 5.56 Å². The molecule has 0 saturated carbocycles. The zero-order valence-corrected chi connectivity index (χ0v) is 20.1. The molecule has 2 N–H and O–H groups in total. The second-order valence-corrected chi connectivity index (χ2v) is 7.84. The third-order valence-electron chi connectivity index (χ3n) is 4.49. The van der Waals surface area contributed by atoms with Crippen molar-refractivity contribution < 1.29 is 23.9 Å². The molecule has 3 rings (SSSR count). The molecule has 0 unspecified atom stereocenters. The standard InChI is InChI=1S/C25H21Cl2N3O5/c1-2-34-19-10-5-17(6-11-19)25(33)35-20-8-3-16(4-9-20)14-29-30-23(31)15-28-24(32)18-7-12-21(26)22(27)13-18/h3-14H,2,15H2,1H3,(H,28,32)(H,30,31)/b29-14+. The molecule has 2 amide bonds. The molecule has 0 radical (unpaired) electrons. The van der Waals surface area contributed by atoms with Crippen LogP contribution in [-0.2, 0) is 4.79 Å². The van der Waals surface area contributed by atoms with Crippen molar-refractivity contribution in [3.63, 3.8) is 0 Å². The summed E-state index contributed by atoms with van der Waals surface area (Å²) in [5, 5.41) is 6.87. The van der Waals surface area contributed by atoms with Crippen molar-refractivity contribution in [2.24, 2.45) is 5.10 Å². The van der Waals surface area contributed by atoms with Gasteiger partial charge in [-0.15, -0.1) is 0 Å². The topological polar surface area (TPSA) is 106 Å². The number of nitrogens with zero attached hydrogens (tertiary/aromatic N) is 1. The summed E-state index contributed by atoms with van der Waals surface area (Å²) < 4.78 is 10.7. The summed E-state index contributed by atoms with van der Waals surface area (Å²) in [4.78, 5) is 36.2. The predicted octanol–water partition coefficient (Wildman–Crippen LogP) is 4.49. The molecular formula is C25H21Cl2N3O5. The number of amides is 2. The molecule has 0 aliphatic rings. The average Bonchev–Trinajstić information content (AvgIpc) is 2.86. The number of hydrogen-bond donors (Lipinski definition) is 2. The van der Waals surface area contributed by atoms with Crippen LogP contribution in [-0.4, -0.2) is 37.1 Å². The van der Waals surface area contributed by atoms with Gasteiger partial charge in [0.1, 0.15) is 11.5 Å². The van der Waals surface area contributed by atoms with Gasteiger partial charge in [-0.2, -0.15) is 5.10 Å². The minimum absolute atomic E-state index is 0.241. The summed E-state index contributed by atoms with van der Waals surface area (Å²) in [7, 11) is 0. The van der Waals surface area contributed by atoms with Crippen LogP contribution in [0.15, 0.2) is 71.8 Å². The molecule has 8 nitrogen and oxygen atoms in total. The van der Waals surface area contributed by atoms with E-state index in [1.807, 2.05) is 6.92 Å². The normalized spacial score (nSPS) is 10.6. The van der Waals surface area contributed by atoms with E-state index < -0.39 is 17.8 Å². The van der Waals surface area contributed by atoms with Crippen molar-refractivity contribution in [2.75, 3.05) is 13.2 Å². The van der Waals surface area contributed by atoms with Crippen LogP contribution in [0.25, 0.3) is 0 Å². The summed E-state index contributed by atoms with van der Waals surface area (Å²) in [5.74, 6) is -0.456. The van der Waals surface area contributed by atoms with E-state index in [0.29, 0.717) is 34.3 Å². The van der Waals surface area contributed by atoms with Crippen LogP contribution in [0, 0.1) is 0 Å². The maximum absolute atomic E-state index is 12.3. The fraction of sp³-hybridized carbons (Fsp3) is 0.120. The Morgan fingerprint density at radius 3 is 2.20 bits per heavy atom. The van der Waals surface area contributed by atoms with Crippen LogP contribution in [0.1, 0.15) is 33.2 Å². The molecular weight excluding hydrogens is 493 g/mol. The van der Waals surface area contributed by atoms with Crippen molar-refractivity contribution in [3.8, 4) is 11.5 Å². The summed E-state index contributed by atoms with van der Waals surface area (Å²) in [6.45, 7) is 2.14. The Hall–Kier alpha value is -3.88. The van der Waals surface area contributed by atoms with E-state index in [1.165, 1.54) is 24.4 Å². The Bertz CT molecular complexity index is 1230. The lowest BCUT2D eigenvalue weighted by Crippen LogP contribution is -2.34. The number of esters is 1. The Morgan fingerprint density at radius 1 is 0.886 bits per heavy atom. The number of hydrogen-bond acceptors (Lipinski definition) is 6. The number of nitrogens with one attached hydrogen (secondary N) is 2. The molecule has 35 heavy (non-hydrogen) atoms. The van der Waals surface area contributed by atoms with Gasteiger partial charge in [0.2, 0.25) is 0 Å². The minimum Gasteiger partial charge on any atom is -0.494 e. The second kappa shape index (κ2) is 12.5. The third-order valence-corrected chi connectivity index (χ3v) is 5.22. The van der Waals surface area contributed by atoms with Crippen molar-refractivity contribution in [1.82, 2.24) is 10.7 Å². The van der Waals surface area contributed by atoms with Crippen LogP contribution < -0.4 is 20.2 Å². The highest BCUT2D eigenvalue weighted by molar-refractivity contribution is 6.42. The Kier molecular flexibility index (Phi) is 9.23. The molecule has 0 aromatic heterocycles. The maximum atomic E-state index is 12.3. The smallest absolute Gasteiger partial charge is 0.343 e. The van der Waals surface area contributed by atoms with Crippen molar-refractivity contribution >= 4 is 47.2 Å². The number of halogens is 2. The van der Waals surface area contributed by atoms with E-state index in [4.69, 9.17) is 32.7 Å². The largest absolute Gasteiger partial charge is 0.494 e. The average molecular weight is 514 g/mol. The first-order valence-corrected chi connectivity index (χ1v) is 11.2. The fourth-order valence-corrected chi connectivity index (χ4v) is 3.06. The van der Waals surface area contributed by atoms with E-state index in [-0.39, 0.29) is 17.1 Å². The van der Waals surface area contributed by atoms with Crippen molar-refractivity contribution in [2.45, 2.75) is 6.92 Å². The molecule has 0 bridgehead atoms. The number of benzene rings is 3. The zero-order chi connectivity index (χ0) is 25.2. The number of rotatable bonds is 9. The van der Waals surface area contributed by atoms with Crippen molar-refractivity contribution in [3.05, 3.63) is 93.5 Å². The lowest BCUT2D eigenvalue weighted by Gasteiger charge is -2.06. The van der Waals surface area contributed by atoms with Gasteiger partial charge >= 0.3 is 5.97 Å². The molecule has 0 spiro atoms. The molecule has 0 heterocycles. The quantitative estimate of drug-likeness (QED) is 0.190. The lowest BCUT2D eigenvalue weighted by atomic mass is 10.2. The monoisotopic (exact) mass is 513 g/mol. The number of carbonyl (C=O) groups is 3. The molecule has 0 fully saturated rings. The second-order valence-electron chi connectivity index (χ2n) is 7.02. The van der Waals surface area contributed by atoms with Gasteiger partial charge in [-0.05, 0) is 79.2 Å². The molecule has 0 aliphatic carbocycles. The van der Waals surface area contributed by atoms with E-state index in [0.717, 1.165) is 0 Å². The first-order chi connectivity index (χ1) is 16.9. The zero-order valence-electron chi connectivity index (χ0n) is 18.6. The molecule has 180 valence electrons. The van der Waals surface area contributed by atoms with E-state index in [1.54, 1.807) is 48.5 Å². The lowest BCUT2D eigenvalue weighted by molar-refractivity contribution is -0.120. The fourth-order valence-electron chi connectivity index (χ4n) is 2.76. The Balaban J connectivity index is 1.44. The number of carbonyl (C=O) groups excluding carboxylic acids is 3. The van der Waals surface area contributed by atoms with Gasteiger partial charge in [0.15, 0.2) is 0 Å². The third kappa shape index (κ3) is 7.84. The van der Waals surface area contributed by atoms with E-state index in [9.17, 15) is 14.4 Å². The molecule has 0 aliphatic heterocycles. The van der Waals surface area contributed by atoms with Crippen molar-refractivity contribution in [1.29, 1.82) is 0 Å². The summed E-state index contributed by atoms with van der Waals surface area (Å²) >= 11 is 11.7. The molecule has 10 heteroatoms. The number of ether oxygens (including phenoxy) is 2. The van der Waals surface area contributed by atoms with E-state index >= 15 is 0 Å². The maximum Gasteiger partial charge on any atom is 0.343 e. The Morgan fingerprint density at radius 2 is 1.54 bits per heavy atom. The van der Waals surface area contributed by atoms with Gasteiger partial charge in [-0.25, -0.2) is 10.2 Å². The summed E-state index contributed by atoms with van der Waals surface area (Å²) in [5.41, 5.74) is 3.64. The molecule has 0 atom stereocenters. The van der Waals surface area contributed by atoms with Gasteiger partial charge in [-0.1, -0.05) is 23.2 Å². The highest BCUT2D eigenvalue weighted by atomic mass is 35.5. The molecule has 0 saturated heterocycles. The molecule has 3 aromatic rings. The number of hydrazone groups is 1. The van der Waals surface area contributed by atoms with Crippen LogP contribution in [0.5, 0.6) is 11.5 Å². The van der Waals surface area contributed by atoms with Gasteiger partial charge in [0.25, 0.3) is 11.8 Å². The van der Waals surface area contributed by atoms with Crippen LogP contribution >= 0.6 is 23.2 Å². The summed E-state index contributed by atoms with van der Waals surface area (Å²) in [6, 6.07) is 17.6. The highest BCUT2D eigenvalue weighted by Gasteiger charge is 2.10. The molecule has 3 aromatic carbocycles.